The van der Waals surface area contributed by atoms with E-state index in [9.17, 15) is 5.11 Å². The van der Waals surface area contributed by atoms with Crippen LogP contribution in [-0.2, 0) is 0 Å². The third kappa shape index (κ3) is 2.85. The standard InChI is InChI=1S/C9H10Cl2O2/c10-6-1-2-7(8(11)5-6)9(13)3-4-12/h1-2,5,9,12-13H,3-4H2/t9-/m1/s1. The van der Waals surface area contributed by atoms with Crippen molar-refractivity contribution in [3.05, 3.63) is 33.8 Å². The van der Waals surface area contributed by atoms with Crippen LogP contribution in [0.15, 0.2) is 18.2 Å². The Bertz CT molecular complexity index is 289. The Balaban J connectivity index is 2.88. The summed E-state index contributed by atoms with van der Waals surface area (Å²) in [6, 6.07) is 4.88. The maximum Gasteiger partial charge on any atom is 0.0826 e. The molecule has 1 aromatic carbocycles. The van der Waals surface area contributed by atoms with Crippen molar-refractivity contribution in [1.29, 1.82) is 0 Å². The minimum Gasteiger partial charge on any atom is -0.396 e. The second kappa shape index (κ2) is 4.82. The van der Waals surface area contributed by atoms with Crippen LogP contribution in [0.1, 0.15) is 18.1 Å². The summed E-state index contributed by atoms with van der Waals surface area (Å²) in [5.74, 6) is 0. The molecule has 0 aliphatic carbocycles. The van der Waals surface area contributed by atoms with Crippen molar-refractivity contribution < 1.29 is 10.2 Å². The summed E-state index contributed by atoms with van der Waals surface area (Å²) < 4.78 is 0. The van der Waals surface area contributed by atoms with E-state index in [-0.39, 0.29) is 13.0 Å². The summed E-state index contributed by atoms with van der Waals surface area (Å²) in [5.41, 5.74) is 0.597. The molecule has 0 spiro atoms. The first-order chi connectivity index (χ1) is 6.15. The van der Waals surface area contributed by atoms with Crippen molar-refractivity contribution in [3.8, 4) is 0 Å². The third-order valence-electron chi connectivity index (χ3n) is 1.72. The van der Waals surface area contributed by atoms with Gasteiger partial charge in [-0.1, -0.05) is 29.3 Å². The third-order valence-corrected chi connectivity index (χ3v) is 2.29. The highest BCUT2D eigenvalue weighted by Crippen LogP contribution is 2.27. The van der Waals surface area contributed by atoms with Gasteiger partial charge in [0.1, 0.15) is 0 Å². The average molecular weight is 221 g/mol. The quantitative estimate of drug-likeness (QED) is 0.822. The molecule has 1 aromatic rings. The minimum absolute atomic E-state index is 0.0693. The van der Waals surface area contributed by atoms with E-state index in [0.29, 0.717) is 15.6 Å². The van der Waals surface area contributed by atoms with Crippen LogP contribution in [0, 0.1) is 0 Å². The van der Waals surface area contributed by atoms with E-state index in [1.807, 2.05) is 0 Å². The second-order valence-corrected chi connectivity index (χ2v) is 3.54. The lowest BCUT2D eigenvalue weighted by Crippen LogP contribution is -2.00. The normalized spacial score (nSPS) is 12.9. The molecule has 0 aromatic heterocycles. The molecule has 4 heteroatoms. The Labute approximate surface area is 86.7 Å². The lowest BCUT2D eigenvalue weighted by Gasteiger charge is -2.10. The molecule has 0 amide bonds. The molecule has 0 aliphatic rings. The Morgan fingerprint density at radius 1 is 1.31 bits per heavy atom. The van der Waals surface area contributed by atoms with Gasteiger partial charge in [0.25, 0.3) is 0 Å². The Kier molecular flexibility index (Phi) is 4.00. The van der Waals surface area contributed by atoms with Gasteiger partial charge in [-0.05, 0) is 17.7 Å². The van der Waals surface area contributed by atoms with Crippen molar-refractivity contribution in [1.82, 2.24) is 0 Å². The number of rotatable bonds is 3. The van der Waals surface area contributed by atoms with Crippen LogP contribution in [0.4, 0.5) is 0 Å². The molecule has 0 saturated carbocycles. The molecule has 0 radical (unpaired) electrons. The van der Waals surface area contributed by atoms with E-state index in [2.05, 4.69) is 0 Å². The first kappa shape index (κ1) is 10.8. The molecule has 0 bridgehead atoms. The zero-order chi connectivity index (χ0) is 9.84. The van der Waals surface area contributed by atoms with Gasteiger partial charge in [-0.3, -0.25) is 0 Å². The van der Waals surface area contributed by atoms with E-state index in [4.69, 9.17) is 28.3 Å². The molecule has 13 heavy (non-hydrogen) atoms. The number of halogens is 2. The summed E-state index contributed by atoms with van der Waals surface area (Å²) >= 11 is 11.5. The zero-order valence-corrected chi connectivity index (χ0v) is 8.39. The lowest BCUT2D eigenvalue weighted by atomic mass is 10.1. The first-order valence-corrected chi connectivity index (χ1v) is 4.64. The molecular weight excluding hydrogens is 211 g/mol. The molecule has 0 unspecified atom stereocenters. The smallest absolute Gasteiger partial charge is 0.0826 e. The fraction of sp³-hybridized carbons (Fsp3) is 0.333. The monoisotopic (exact) mass is 220 g/mol. The van der Waals surface area contributed by atoms with E-state index in [0.717, 1.165) is 0 Å². The molecule has 2 nitrogen and oxygen atoms in total. The van der Waals surface area contributed by atoms with Gasteiger partial charge in [0.2, 0.25) is 0 Å². The van der Waals surface area contributed by atoms with Crippen molar-refractivity contribution in [3.63, 3.8) is 0 Å². The van der Waals surface area contributed by atoms with Crippen LogP contribution in [0.25, 0.3) is 0 Å². The Hall–Kier alpha value is -0.280. The summed E-state index contributed by atoms with van der Waals surface area (Å²) in [6.07, 6.45) is -0.448. The van der Waals surface area contributed by atoms with E-state index < -0.39 is 6.10 Å². The number of hydrogen-bond acceptors (Lipinski definition) is 2. The van der Waals surface area contributed by atoms with Crippen LogP contribution in [-0.4, -0.2) is 16.8 Å². The Morgan fingerprint density at radius 2 is 2.00 bits per heavy atom. The van der Waals surface area contributed by atoms with Crippen LogP contribution in [0.2, 0.25) is 10.0 Å². The molecule has 0 aliphatic heterocycles. The zero-order valence-electron chi connectivity index (χ0n) is 6.87. The van der Waals surface area contributed by atoms with Gasteiger partial charge in [-0.25, -0.2) is 0 Å². The number of aliphatic hydroxyl groups excluding tert-OH is 2. The van der Waals surface area contributed by atoms with Gasteiger partial charge in [-0.15, -0.1) is 0 Å². The van der Waals surface area contributed by atoms with Gasteiger partial charge in [0.05, 0.1) is 6.10 Å². The predicted molar refractivity (Wildman–Crippen MR) is 53.1 cm³/mol. The fourth-order valence-corrected chi connectivity index (χ4v) is 1.58. The van der Waals surface area contributed by atoms with E-state index in [1.54, 1.807) is 18.2 Å². The topological polar surface area (TPSA) is 40.5 Å². The number of aliphatic hydroxyl groups is 2. The summed E-state index contributed by atoms with van der Waals surface area (Å²) in [7, 11) is 0. The van der Waals surface area contributed by atoms with Crippen molar-refractivity contribution in [2.75, 3.05) is 6.61 Å². The maximum atomic E-state index is 9.50. The SMILES string of the molecule is OCC[C@@H](O)c1ccc(Cl)cc1Cl. The fourth-order valence-electron chi connectivity index (χ4n) is 1.05. The van der Waals surface area contributed by atoms with E-state index >= 15 is 0 Å². The highest BCUT2D eigenvalue weighted by atomic mass is 35.5. The number of benzene rings is 1. The molecule has 1 rings (SSSR count). The van der Waals surface area contributed by atoms with Gasteiger partial charge in [0, 0.05) is 23.1 Å². The molecule has 0 fully saturated rings. The maximum absolute atomic E-state index is 9.50. The van der Waals surface area contributed by atoms with Gasteiger partial charge >= 0.3 is 0 Å². The van der Waals surface area contributed by atoms with Crippen molar-refractivity contribution in [2.24, 2.45) is 0 Å². The summed E-state index contributed by atoms with van der Waals surface area (Å²) in [6.45, 7) is -0.0693. The highest BCUT2D eigenvalue weighted by molar-refractivity contribution is 6.35. The van der Waals surface area contributed by atoms with Crippen LogP contribution in [0.5, 0.6) is 0 Å². The average Bonchev–Trinajstić information content (AvgIpc) is 2.04. The van der Waals surface area contributed by atoms with Crippen molar-refractivity contribution >= 4 is 23.2 Å². The van der Waals surface area contributed by atoms with Crippen LogP contribution >= 0.6 is 23.2 Å². The molecule has 0 heterocycles. The molecule has 2 N–H and O–H groups in total. The molecular formula is C9H10Cl2O2. The largest absolute Gasteiger partial charge is 0.396 e. The first-order valence-electron chi connectivity index (χ1n) is 3.89. The van der Waals surface area contributed by atoms with Crippen LogP contribution < -0.4 is 0 Å². The Morgan fingerprint density at radius 3 is 2.54 bits per heavy atom. The van der Waals surface area contributed by atoms with Gasteiger partial charge in [-0.2, -0.15) is 0 Å². The predicted octanol–water partition coefficient (Wildman–Crippen LogP) is 2.41. The minimum atomic E-state index is -0.727. The lowest BCUT2D eigenvalue weighted by molar-refractivity contribution is 0.134. The highest BCUT2D eigenvalue weighted by Gasteiger charge is 2.10. The molecule has 72 valence electrons. The molecule has 1 atom stereocenters. The van der Waals surface area contributed by atoms with Gasteiger partial charge in [0.15, 0.2) is 0 Å². The summed E-state index contributed by atoms with van der Waals surface area (Å²) in [5, 5.41) is 19.1. The van der Waals surface area contributed by atoms with Crippen molar-refractivity contribution in [2.45, 2.75) is 12.5 Å². The van der Waals surface area contributed by atoms with Crippen LogP contribution in [0.3, 0.4) is 0 Å². The summed E-state index contributed by atoms with van der Waals surface area (Å²) in [4.78, 5) is 0. The van der Waals surface area contributed by atoms with E-state index in [1.165, 1.54) is 0 Å². The van der Waals surface area contributed by atoms with Gasteiger partial charge < -0.3 is 10.2 Å². The second-order valence-electron chi connectivity index (χ2n) is 2.69. The number of hydrogen-bond donors (Lipinski definition) is 2. The molecule has 0 saturated heterocycles.